The zero-order chi connectivity index (χ0) is 9.36. The molecule has 2 heterocycles. The second kappa shape index (κ2) is 3.52. The Morgan fingerprint density at radius 2 is 1.00 bits per heavy atom. The Bertz CT molecular complexity index is 161. The van der Waals surface area contributed by atoms with E-state index in [-0.39, 0.29) is 0 Å². The van der Waals surface area contributed by atoms with Gasteiger partial charge in [-0.2, -0.15) is 0 Å². The highest BCUT2D eigenvalue weighted by Crippen LogP contribution is 2.39. The van der Waals surface area contributed by atoms with E-state index in [0.717, 1.165) is 0 Å². The fourth-order valence-corrected chi connectivity index (χ4v) is 13.9. The van der Waals surface area contributed by atoms with Gasteiger partial charge in [0.25, 0.3) is 0 Å². The van der Waals surface area contributed by atoms with Crippen molar-refractivity contribution in [3.63, 3.8) is 0 Å². The zero-order valence-corrected chi connectivity index (χ0v) is 11.1. The largest absolute Gasteiger partial charge is 0.455 e. The van der Waals surface area contributed by atoms with Crippen LogP contribution in [-0.4, -0.2) is 16.6 Å². The van der Waals surface area contributed by atoms with Gasteiger partial charge in [0.2, 0.25) is 0 Å². The Hall–Kier alpha value is 0.394. The third kappa shape index (κ3) is 2.25. The van der Waals surface area contributed by atoms with E-state index in [0.29, 0.717) is 0 Å². The quantitative estimate of drug-likeness (QED) is 0.636. The van der Waals surface area contributed by atoms with Gasteiger partial charge >= 0.3 is 0 Å². The number of hydrogen-bond donors (Lipinski definition) is 0. The lowest BCUT2D eigenvalue weighted by molar-refractivity contribution is 0.539. The Labute approximate surface area is 84.1 Å². The normalized spacial score (nSPS) is 30.9. The predicted octanol–water partition coefficient (Wildman–Crippen LogP) is 3.74. The van der Waals surface area contributed by atoms with Crippen LogP contribution in [0.4, 0.5) is 0 Å². The van der Waals surface area contributed by atoms with Crippen molar-refractivity contribution in [2.24, 2.45) is 0 Å². The van der Waals surface area contributed by atoms with Crippen LogP contribution >= 0.6 is 0 Å². The summed E-state index contributed by atoms with van der Waals surface area (Å²) in [6, 6.07) is 5.82. The molecule has 0 amide bonds. The van der Waals surface area contributed by atoms with Crippen molar-refractivity contribution >= 4 is 16.6 Å². The maximum Gasteiger partial charge on any atom is 0.176 e. The van der Waals surface area contributed by atoms with Crippen molar-refractivity contribution in [3.8, 4) is 0 Å². The average molecular weight is 214 g/mol. The first-order valence-electron chi connectivity index (χ1n) is 5.82. The highest BCUT2D eigenvalue weighted by Gasteiger charge is 2.42. The average Bonchev–Trinajstić information content (AvgIpc) is 2.60. The Morgan fingerprint density at radius 1 is 0.692 bits per heavy atom. The van der Waals surface area contributed by atoms with E-state index in [4.69, 9.17) is 4.12 Å². The third-order valence-corrected chi connectivity index (χ3v) is 13.4. The first-order chi connectivity index (χ1) is 6.12. The minimum atomic E-state index is -1.16. The Kier molecular flexibility index (Phi) is 2.69. The minimum Gasteiger partial charge on any atom is -0.455 e. The molecule has 0 bridgehead atoms. The van der Waals surface area contributed by atoms with E-state index < -0.39 is 16.6 Å². The fraction of sp³-hybridized carbons (Fsp3) is 1.00. The van der Waals surface area contributed by atoms with Gasteiger partial charge in [0, 0.05) is 0 Å². The fourth-order valence-electron chi connectivity index (χ4n) is 3.04. The molecule has 0 N–H and O–H groups in total. The van der Waals surface area contributed by atoms with Crippen molar-refractivity contribution in [1.29, 1.82) is 0 Å². The zero-order valence-electron chi connectivity index (χ0n) is 9.07. The van der Waals surface area contributed by atoms with E-state index in [2.05, 4.69) is 13.1 Å². The second-order valence-electron chi connectivity index (χ2n) is 5.42. The lowest BCUT2D eigenvalue weighted by Gasteiger charge is -2.33. The molecule has 2 aliphatic heterocycles. The number of hydrogen-bond acceptors (Lipinski definition) is 1. The highest BCUT2D eigenvalue weighted by atomic mass is 28.4. The molecule has 2 saturated heterocycles. The van der Waals surface area contributed by atoms with E-state index in [1.165, 1.54) is 49.9 Å². The molecule has 76 valence electrons. The molecule has 13 heavy (non-hydrogen) atoms. The summed E-state index contributed by atoms with van der Waals surface area (Å²) in [4.78, 5) is 0. The Morgan fingerprint density at radius 3 is 1.31 bits per heavy atom. The molecule has 2 fully saturated rings. The van der Waals surface area contributed by atoms with Gasteiger partial charge in [0.05, 0.1) is 0 Å². The molecule has 2 aliphatic rings. The first kappa shape index (κ1) is 9.93. The maximum atomic E-state index is 6.62. The summed E-state index contributed by atoms with van der Waals surface area (Å²) in [5.41, 5.74) is 0. The smallest absolute Gasteiger partial charge is 0.176 e. The van der Waals surface area contributed by atoms with Crippen LogP contribution in [0.3, 0.4) is 0 Å². The van der Waals surface area contributed by atoms with Crippen LogP contribution in [0.15, 0.2) is 0 Å². The molecule has 0 aromatic rings. The SMILES string of the molecule is C[Si]1(O[Si]2(C)CCCC2)CCCC1. The number of rotatable bonds is 2. The van der Waals surface area contributed by atoms with Crippen LogP contribution in [0.2, 0.25) is 37.3 Å². The molecule has 0 radical (unpaired) electrons. The molecule has 0 unspecified atom stereocenters. The van der Waals surface area contributed by atoms with Crippen molar-refractivity contribution in [1.82, 2.24) is 0 Å². The van der Waals surface area contributed by atoms with Gasteiger partial charge in [0.15, 0.2) is 16.6 Å². The van der Waals surface area contributed by atoms with Crippen molar-refractivity contribution in [2.75, 3.05) is 0 Å². The van der Waals surface area contributed by atoms with Gasteiger partial charge in [0.1, 0.15) is 0 Å². The van der Waals surface area contributed by atoms with Crippen molar-refractivity contribution in [3.05, 3.63) is 0 Å². The van der Waals surface area contributed by atoms with Gasteiger partial charge < -0.3 is 4.12 Å². The van der Waals surface area contributed by atoms with Crippen LogP contribution in [0.5, 0.6) is 0 Å². The molecule has 0 atom stereocenters. The molecule has 0 aromatic carbocycles. The Balaban J connectivity index is 1.95. The summed E-state index contributed by atoms with van der Waals surface area (Å²) in [5, 5.41) is 0. The van der Waals surface area contributed by atoms with Crippen LogP contribution in [-0.2, 0) is 4.12 Å². The van der Waals surface area contributed by atoms with Crippen molar-refractivity contribution < 1.29 is 4.12 Å². The van der Waals surface area contributed by atoms with E-state index in [9.17, 15) is 0 Å². The van der Waals surface area contributed by atoms with Crippen LogP contribution in [0.25, 0.3) is 0 Å². The van der Waals surface area contributed by atoms with Gasteiger partial charge in [-0.3, -0.25) is 0 Å². The molecule has 2 rings (SSSR count). The standard InChI is InChI=1S/C10H22OSi2/c1-12(7-3-4-8-12)11-13(2)9-5-6-10-13/h3-10H2,1-2H3. The van der Waals surface area contributed by atoms with E-state index in [1.807, 2.05) is 0 Å². The molecule has 0 aliphatic carbocycles. The topological polar surface area (TPSA) is 9.23 Å². The lowest BCUT2D eigenvalue weighted by Crippen LogP contribution is -2.44. The minimum absolute atomic E-state index is 1.16. The summed E-state index contributed by atoms with van der Waals surface area (Å²) in [5.74, 6) is 0. The summed E-state index contributed by atoms with van der Waals surface area (Å²) in [6.45, 7) is 4.97. The van der Waals surface area contributed by atoms with Gasteiger partial charge in [-0.15, -0.1) is 0 Å². The summed E-state index contributed by atoms with van der Waals surface area (Å²) in [7, 11) is -2.32. The highest BCUT2D eigenvalue weighted by molar-refractivity contribution is 6.86. The first-order valence-corrected chi connectivity index (χ1v) is 11.5. The third-order valence-electron chi connectivity index (χ3n) is 3.82. The molecular formula is C10H22OSi2. The molecule has 1 nitrogen and oxygen atoms in total. The van der Waals surface area contributed by atoms with Gasteiger partial charge in [-0.25, -0.2) is 0 Å². The molecule has 0 spiro atoms. The molecule has 3 heteroatoms. The summed E-state index contributed by atoms with van der Waals surface area (Å²) < 4.78 is 6.62. The summed E-state index contributed by atoms with van der Waals surface area (Å²) >= 11 is 0. The monoisotopic (exact) mass is 214 g/mol. The molecule has 0 aromatic heterocycles. The van der Waals surface area contributed by atoms with Crippen LogP contribution < -0.4 is 0 Å². The maximum absolute atomic E-state index is 6.62. The van der Waals surface area contributed by atoms with E-state index in [1.54, 1.807) is 0 Å². The second-order valence-corrected chi connectivity index (χ2v) is 14.0. The summed E-state index contributed by atoms with van der Waals surface area (Å²) in [6.07, 6.45) is 5.81. The van der Waals surface area contributed by atoms with Crippen LogP contribution in [0, 0.1) is 0 Å². The molecular weight excluding hydrogens is 192 g/mol. The van der Waals surface area contributed by atoms with Crippen LogP contribution in [0.1, 0.15) is 25.7 Å². The lowest BCUT2D eigenvalue weighted by atomic mass is 10.4. The predicted molar refractivity (Wildman–Crippen MR) is 62.0 cm³/mol. The van der Waals surface area contributed by atoms with Gasteiger partial charge in [-0.1, -0.05) is 25.7 Å². The van der Waals surface area contributed by atoms with Crippen molar-refractivity contribution in [2.45, 2.75) is 63.0 Å². The van der Waals surface area contributed by atoms with Gasteiger partial charge in [-0.05, 0) is 37.3 Å². The molecule has 0 saturated carbocycles. The van der Waals surface area contributed by atoms with E-state index >= 15 is 0 Å².